The molecule has 0 aromatic heterocycles. The number of hydrogen-bond donors (Lipinski definition) is 2. The molecule has 0 bridgehead atoms. The van der Waals surface area contributed by atoms with Gasteiger partial charge in [-0.1, -0.05) is 34.8 Å². The Morgan fingerprint density at radius 2 is 1.83 bits per heavy atom. The van der Waals surface area contributed by atoms with E-state index < -0.39 is 0 Å². The smallest absolute Gasteiger partial charge is 0.0652 e. The summed E-state index contributed by atoms with van der Waals surface area (Å²) in [7, 11) is 0. The lowest BCUT2D eigenvalue weighted by molar-refractivity contribution is 0.245. The second kappa shape index (κ2) is 5.98. The third kappa shape index (κ3) is 3.31. The van der Waals surface area contributed by atoms with Gasteiger partial charge in [-0.25, -0.2) is 0 Å². The predicted molar refractivity (Wildman–Crippen MR) is 76.5 cm³/mol. The Labute approximate surface area is 122 Å². The van der Waals surface area contributed by atoms with Gasteiger partial charge in [-0.2, -0.15) is 0 Å². The molecule has 5 heteroatoms. The molecule has 100 valence electrons. The zero-order valence-corrected chi connectivity index (χ0v) is 12.2. The minimum atomic E-state index is 0.250. The van der Waals surface area contributed by atoms with E-state index in [-0.39, 0.29) is 12.0 Å². The molecule has 2 nitrogen and oxygen atoms in total. The number of aliphatic hydroxyl groups excluding tert-OH is 1. The summed E-state index contributed by atoms with van der Waals surface area (Å²) in [6.07, 6.45) is 3.21. The lowest BCUT2D eigenvalue weighted by Crippen LogP contribution is -2.24. The van der Waals surface area contributed by atoms with Crippen LogP contribution < -0.4 is 5.32 Å². The quantitative estimate of drug-likeness (QED) is 0.781. The molecule has 2 N–H and O–H groups in total. The van der Waals surface area contributed by atoms with E-state index in [0.29, 0.717) is 21.6 Å². The fourth-order valence-corrected chi connectivity index (χ4v) is 2.79. The van der Waals surface area contributed by atoms with E-state index in [4.69, 9.17) is 39.9 Å². The SMILES string of the molecule is OCCC1(CNCc2c(Cl)ccc(Cl)c2Cl)CC1. The summed E-state index contributed by atoms with van der Waals surface area (Å²) in [6.45, 7) is 1.73. The third-order valence-electron chi connectivity index (χ3n) is 3.54. The van der Waals surface area contributed by atoms with Crippen LogP contribution in [0.2, 0.25) is 15.1 Å². The monoisotopic (exact) mass is 307 g/mol. The van der Waals surface area contributed by atoms with E-state index in [0.717, 1.165) is 18.5 Å². The van der Waals surface area contributed by atoms with Crippen molar-refractivity contribution in [3.05, 3.63) is 32.8 Å². The highest BCUT2D eigenvalue weighted by Gasteiger charge is 2.41. The van der Waals surface area contributed by atoms with Crippen molar-refractivity contribution in [2.24, 2.45) is 5.41 Å². The van der Waals surface area contributed by atoms with Gasteiger partial charge >= 0.3 is 0 Å². The highest BCUT2D eigenvalue weighted by molar-refractivity contribution is 6.44. The van der Waals surface area contributed by atoms with Crippen LogP contribution in [0.5, 0.6) is 0 Å². The number of nitrogens with one attached hydrogen (secondary N) is 1. The van der Waals surface area contributed by atoms with Crippen LogP contribution >= 0.6 is 34.8 Å². The lowest BCUT2D eigenvalue weighted by atomic mass is 10.0. The van der Waals surface area contributed by atoms with Crippen LogP contribution in [-0.2, 0) is 6.54 Å². The zero-order chi connectivity index (χ0) is 13.2. The standard InChI is InChI=1S/C13H16Cl3NO/c14-10-1-2-11(15)12(16)9(10)7-17-8-13(3-4-13)5-6-18/h1-2,17-18H,3-8H2. The summed E-state index contributed by atoms with van der Waals surface area (Å²) >= 11 is 18.2. The number of halogens is 3. The van der Waals surface area contributed by atoms with Gasteiger partial charge in [0.25, 0.3) is 0 Å². The molecule has 18 heavy (non-hydrogen) atoms. The number of hydrogen-bond acceptors (Lipinski definition) is 2. The van der Waals surface area contributed by atoms with E-state index in [1.807, 2.05) is 0 Å². The largest absolute Gasteiger partial charge is 0.396 e. The molecule has 1 aliphatic rings. The molecule has 0 aliphatic heterocycles. The number of rotatable bonds is 6. The Morgan fingerprint density at radius 1 is 1.17 bits per heavy atom. The average molecular weight is 309 g/mol. The third-order valence-corrected chi connectivity index (χ3v) is 4.74. The molecule has 0 radical (unpaired) electrons. The molecule has 1 aromatic rings. The van der Waals surface area contributed by atoms with E-state index in [2.05, 4.69) is 5.32 Å². The summed E-state index contributed by atoms with van der Waals surface area (Å²) in [4.78, 5) is 0. The molecule has 0 atom stereocenters. The van der Waals surface area contributed by atoms with Crippen LogP contribution in [0.3, 0.4) is 0 Å². The lowest BCUT2D eigenvalue weighted by Gasteiger charge is -2.16. The fraction of sp³-hybridized carbons (Fsp3) is 0.538. The summed E-state index contributed by atoms with van der Waals surface area (Å²) in [5.41, 5.74) is 1.12. The van der Waals surface area contributed by atoms with Gasteiger partial charge in [0.2, 0.25) is 0 Å². The first-order valence-electron chi connectivity index (χ1n) is 6.02. The molecule has 1 saturated carbocycles. The maximum absolute atomic E-state index is 9.00. The van der Waals surface area contributed by atoms with Crippen molar-refractivity contribution in [2.45, 2.75) is 25.8 Å². The number of aliphatic hydroxyl groups is 1. The van der Waals surface area contributed by atoms with Crippen LogP contribution in [0.1, 0.15) is 24.8 Å². The van der Waals surface area contributed by atoms with Crippen molar-refractivity contribution in [1.29, 1.82) is 0 Å². The predicted octanol–water partition coefficient (Wildman–Crippen LogP) is 3.90. The molecule has 0 heterocycles. The normalized spacial score (nSPS) is 16.9. The topological polar surface area (TPSA) is 32.3 Å². The molecule has 1 aliphatic carbocycles. The van der Waals surface area contributed by atoms with Crippen molar-refractivity contribution < 1.29 is 5.11 Å². The van der Waals surface area contributed by atoms with Gasteiger partial charge in [-0.15, -0.1) is 0 Å². The Kier molecular flexibility index (Phi) is 4.79. The van der Waals surface area contributed by atoms with E-state index >= 15 is 0 Å². The zero-order valence-electron chi connectivity index (χ0n) is 9.98. The minimum absolute atomic E-state index is 0.250. The van der Waals surface area contributed by atoms with Gasteiger partial charge in [0, 0.05) is 30.3 Å². The van der Waals surface area contributed by atoms with Gasteiger partial charge in [-0.05, 0) is 36.8 Å². The van der Waals surface area contributed by atoms with E-state index in [1.165, 1.54) is 12.8 Å². The highest BCUT2D eigenvalue weighted by Crippen LogP contribution is 2.48. The fourth-order valence-electron chi connectivity index (χ4n) is 2.11. The average Bonchev–Trinajstić information content (AvgIpc) is 3.09. The molecular weight excluding hydrogens is 293 g/mol. The van der Waals surface area contributed by atoms with Crippen LogP contribution in [0.4, 0.5) is 0 Å². The molecule has 0 spiro atoms. The summed E-state index contributed by atoms with van der Waals surface area (Å²) < 4.78 is 0. The molecule has 0 unspecified atom stereocenters. The molecule has 0 amide bonds. The first-order chi connectivity index (χ1) is 8.58. The van der Waals surface area contributed by atoms with Crippen molar-refractivity contribution in [1.82, 2.24) is 5.32 Å². The summed E-state index contributed by atoms with van der Waals surface area (Å²) in [5.74, 6) is 0. The van der Waals surface area contributed by atoms with E-state index in [9.17, 15) is 0 Å². The first-order valence-corrected chi connectivity index (χ1v) is 7.15. The molecule has 1 aromatic carbocycles. The van der Waals surface area contributed by atoms with Gasteiger partial charge in [-0.3, -0.25) is 0 Å². The van der Waals surface area contributed by atoms with Gasteiger partial charge in [0.15, 0.2) is 0 Å². The van der Waals surface area contributed by atoms with Crippen LogP contribution in [0.25, 0.3) is 0 Å². The summed E-state index contributed by atoms with van der Waals surface area (Å²) in [5, 5.41) is 14.0. The molecule has 0 saturated heterocycles. The van der Waals surface area contributed by atoms with Crippen molar-refractivity contribution in [3.8, 4) is 0 Å². The Hall–Kier alpha value is 0.01000. The minimum Gasteiger partial charge on any atom is -0.396 e. The van der Waals surface area contributed by atoms with Crippen molar-refractivity contribution >= 4 is 34.8 Å². The Morgan fingerprint density at radius 3 is 2.44 bits per heavy atom. The maximum Gasteiger partial charge on any atom is 0.0652 e. The second-order valence-electron chi connectivity index (χ2n) is 4.90. The van der Waals surface area contributed by atoms with Crippen molar-refractivity contribution in [3.63, 3.8) is 0 Å². The maximum atomic E-state index is 9.00. The second-order valence-corrected chi connectivity index (χ2v) is 6.09. The Bertz CT molecular complexity index is 432. The molecule has 1 fully saturated rings. The van der Waals surface area contributed by atoms with Crippen LogP contribution in [0.15, 0.2) is 12.1 Å². The number of benzene rings is 1. The first kappa shape index (κ1) is 14.4. The highest BCUT2D eigenvalue weighted by atomic mass is 35.5. The molecule has 2 rings (SSSR count). The van der Waals surface area contributed by atoms with Crippen molar-refractivity contribution in [2.75, 3.05) is 13.2 Å². The molecular formula is C13H16Cl3NO. The summed E-state index contributed by atoms with van der Waals surface area (Å²) in [6, 6.07) is 3.46. The van der Waals surface area contributed by atoms with Crippen LogP contribution in [-0.4, -0.2) is 18.3 Å². The van der Waals surface area contributed by atoms with Gasteiger partial charge in [0.05, 0.1) is 10.0 Å². The van der Waals surface area contributed by atoms with Crippen LogP contribution in [0, 0.1) is 5.41 Å². The van der Waals surface area contributed by atoms with E-state index in [1.54, 1.807) is 12.1 Å². The Balaban J connectivity index is 1.93. The van der Waals surface area contributed by atoms with Gasteiger partial charge < -0.3 is 10.4 Å². The van der Waals surface area contributed by atoms with Gasteiger partial charge in [0.1, 0.15) is 0 Å².